The molecule has 1 aromatic rings. The molecule has 1 fully saturated rings. The van der Waals surface area contributed by atoms with Gasteiger partial charge in [0.25, 0.3) is 0 Å². The normalized spacial score (nSPS) is 18.8. The zero-order valence-electron chi connectivity index (χ0n) is 9.65. The molecule has 2 rings (SSSR count). The molecule has 0 radical (unpaired) electrons. The Hall–Kier alpha value is -0.900. The molecule has 0 saturated carbocycles. The molecule has 3 heteroatoms. The Kier molecular flexibility index (Phi) is 3.93. The summed E-state index contributed by atoms with van der Waals surface area (Å²) in [7, 11) is 0. The maximum Gasteiger partial charge on any atom is 0.189 e. The topological polar surface area (TPSA) is 27.7 Å². The molecule has 1 heterocycles. The lowest BCUT2D eigenvalue weighted by Gasteiger charge is -2.21. The molecular formula is C13H18O3. The van der Waals surface area contributed by atoms with Crippen LogP contribution in [-0.2, 0) is 20.6 Å². The average Bonchev–Trinajstić information content (AvgIpc) is 2.74. The molecule has 88 valence electrons. The predicted octanol–water partition coefficient (Wildman–Crippen LogP) is 2.01. The molecule has 3 nitrogen and oxygen atoms in total. The largest absolute Gasteiger partial charge is 0.376 e. The van der Waals surface area contributed by atoms with Crippen molar-refractivity contribution in [3.8, 4) is 0 Å². The van der Waals surface area contributed by atoms with E-state index in [1.54, 1.807) is 0 Å². The minimum atomic E-state index is -0.531. The van der Waals surface area contributed by atoms with Crippen molar-refractivity contribution in [1.29, 1.82) is 0 Å². The van der Waals surface area contributed by atoms with Crippen molar-refractivity contribution in [2.45, 2.75) is 19.1 Å². The standard InChI is InChI=1S/C13H18O3/c1-13(15-9-10-16-13)11-14-8-7-12-5-3-2-4-6-12/h2-6H,7-11H2,1H3. The van der Waals surface area contributed by atoms with Crippen molar-refractivity contribution in [1.82, 2.24) is 0 Å². The second kappa shape index (κ2) is 5.43. The first-order valence-electron chi connectivity index (χ1n) is 5.68. The highest BCUT2D eigenvalue weighted by atomic mass is 16.7. The molecule has 1 aliphatic heterocycles. The van der Waals surface area contributed by atoms with E-state index in [4.69, 9.17) is 14.2 Å². The lowest BCUT2D eigenvalue weighted by atomic mass is 10.2. The molecule has 0 aliphatic carbocycles. The zero-order valence-corrected chi connectivity index (χ0v) is 9.65. The second-order valence-electron chi connectivity index (χ2n) is 4.12. The first-order valence-corrected chi connectivity index (χ1v) is 5.68. The van der Waals surface area contributed by atoms with Gasteiger partial charge in [0.1, 0.15) is 6.61 Å². The summed E-state index contributed by atoms with van der Waals surface area (Å²) in [5.74, 6) is -0.531. The molecule has 0 aromatic heterocycles. The van der Waals surface area contributed by atoms with E-state index in [1.807, 2.05) is 25.1 Å². The highest BCUT2D eigenvalue weighted by Crippen LogP contribution is 2.18. The van der Waals surface area contributed by atoms with Gasteiger partial charge in [0.05, 0.1) is 19.8 Å². The minimum Gasteiger partial charge on any atom is -0.376 e. The average molecular weight is 222 g/mol. The maximum absolute atomic E-state index is 5.57. The van der Waals surface area contributed by atoms with E-state index in [-0.39, 0.29) is 0 Å². The van der Waals surface area contributed by atoms with Gasteiger partial charge in [-0.3, -0.25) is 0 Å². The van der Waals surface area contributed by atoms with Crippen LogP contribution in [0.15, 0.2) is 30.3 Å². The molecule has 1 saturated heterocycles. The van der Waals surface area contributed by atoms with Gasteiger partial charge < -0.3 is 14.2 Å². The highest BCUT2D eigenvalue weighted by Gasteiger charge is 2.30. The zero-order chi connectivity index (χ0) is 11.3. The van der Waals surface area contributed by atoms with Crippen LogP contribution in [0.5, 0.6) is 0 Å². The fourth-order valence-corrected chi connectivity index (χ4v) is 1.73. The lowest BCUT2D eigenvalue weighted by Crippen LogP contribution is -2.32. The number of ether oxygens (including phenoxy) is 3. The van der Waals surface area contributed by atoms with E-state index >= 15 is 0 Å². The van der Waals surface area contributed by atoms with Crippen molar-refractivity contribution in [2.24, 2.45) is 0 Å². The first-order chi connectivity index (χ1) is 7.79. The number of hydrogen-bond acceptors (Lipinski definition) is 3. The number of hydrogen-bond donors (Lipinski definition) is 0. The molecule has 0 spiro atoms. The van der Waals surface area contributed by atoms with Crippen LogP contribution in [0.25, 0.3) is 0 Å². The quantitative estimate of drug-likeness (QED) is 0.713. The third-order valence-electron chi connectivity index (χ3n) is 2.64. The maximum atomic E-state index is 5.57. The van der Waals surface area contributed by atoms with Crippen molar-refractivity contribution in [3.63, 3.8) is 0 Å². The van der Waals surface area contributed by atoms with Gasteiger partial charge in [-0.1, -0.05) is 30.3 Å². The SMILES string of the molecule is CC1(COCCc2ccccc2)OCCO1. The Balaban J connectivity index is 1.65. The van der Waals surface area contributed by atoms with Gasteiger partial charge in [-0.25, -0.2) is 0 Å². The molecule has 16 heavy (non-hydrogen) atoms. The van der Waals surface area contributed by atoms with Gasteiger partial charge in [0, 0.05) is 0 Å². The summed E-state index contributed by atoms with van der Waals surface area (Å²) in [5, 5.41) is 0. The Morgan fingerprint density at radius 3 is 2.56 bits per heavy atom. The summed E-state index contributed by atoms with van der Waals surface area (Å²) < 4.78 is 16.5. The van der Waals surface area contributed by atoms with Gasteiger partial charge in [0.2, 0.25) is 0 Å². The predicted molar refractivity (Wildman–Crippen MR) is 61.3 cm³/mol. The van der Waals surface area contributed by atoms with Crippen molar-refractivity contribution < 1.29 is 14.2 Å². The van der Waals surface area contributed by atoms with Crippen LogP contribution in [0.4, 0.5) is 0 Å². The third-order valence-corrected chi connectivity index (χ3v) is 2.64. The summed E-state index contributed by atoms with van der Waals surface area (Å²) in [6, 6.07) is 10.3. The van der Waals surface area contributed by atoms with Crippen molar-refractivity contribution in [3.05, 3.63) is 35.9 Å². The molecule has 0 amide bonds. The van der Waals surface area contributed by atoms with Crippen LogP contribution in [0.3, 0.4) is 0 Å². The van der Waals surface area contributed by atoms with E-state index < -0.39 is 5.79 Å². The van der Waals surface area contributed by atoms with Gasteiger partial charge in [-0.15, -0.1) is 0 Å². The summed E-state index contributed by atoms with van der Waals surface area (Å²) in [6.07, 6.45) is 0.927. The molecule has 0 unspecified atom stereocenters. The first kappa shape index (κ1) is 11.6. The summed E-state index contributed by atoms with van der Waals surface area (Å²) >= 11 is 0. The third kappa shape index (κ3) is 3.30. The minimum absolute atomic E-state index is 0.500. The van der Waals surface area contributed by atoms with E-state index in [0.29, 0.717) is 26.4 Å². The van der Waals surface area contributed by atoms with Gasteiger partial charge >= 0.3 is 0 Å². The molecule has 1 aliphatic rings. The van der Waals surface area contributed by atoms with Gasteiger partial charge in [-0.2, -0.15) is 0 Å². The Morgan fingerprint density at radius 2 is 1.88 bits per heavy atom. The molecule has 0 bridgehead atoms. The van der Waals surface area contributed by atoms with E-state index in [0.717, 1.165) is 6.42 Å². The van der Waals surface area contributed by atoms with Crippen LogP contribution in [0, 0.1) is 0 Å². The summed E-state index contributed by atoms with van der Waals surface area (Å²) in [6.45, 7) is 4.45. The number of rotatable bonds is 5. The Bertz CT molecular complexity index is 304. The summed E-state index contributed by atoms with van der Waals surface area (Å²) in [5.41, 5.74) is 1.29. The fraction of sp³-hybridized carbons (Fsp3) is 0.538. The van der Waals surface area contributed by atoms with Gasteiger partial charge in [-0.05, 0) is 18.9 Å². The van der Waals surface area contributed by atoms with Gasteiger partial charge in [0.15, 0.2) is 5.79 Å². The number of benzene rings is 1. The van der Waals surface area contributed by atoms with E-state index in [2.05, 4.69) is 12.1 Å². The van der Waals surface area contributed by atoms with Crippen molar-refractivity contribution in [2.75, 3.05) is 26.4 Å². The Labute approximate surface area is 96.3 Å². The van der Waals surface area contributed by atoms with Crippen LogP contribution in [0.1, 0.15) is 12.5 Å². The Morgan fingerprint density at radius 1 is 1.19 bits per heavy atom. The summed E-state index contributed by atoms with van der Waals surface area (Å²) in [4.78, 5) is 0. The van der Waals surface area contributed by atoms with Crippen LogP contribution >= 0.6 is 0 Å². The fourth-order valence-electron chi connectivity index (χ4n) is 1.73. The molecule has 0 N–H and O–H groups in total. The second-order valence-corrected chi connectivity index (χ2v) is 4.12. The highest BCUT2D eigenvalue weighted by molar-refractivity contribution is 5.14. The molecule has 0 atom stereocenters. The van der Waals surface area contributed by atoms with E-state index in [9.17, 15) is 0 Å². The molecule has 1 aromatic carbocycles. The lowest BCUT2D eigenvalue weighted by molar-refractivity contribution is -0.179. The van der Waals surface area contributed by atoms with Crippen LogP contribution < -0.4 is 0 Å². The van der Waals surface area contributed by atoms with Crippen LogP contribution in [0.2, 0.25) is 0 Å². The van der Waals surface area contributed by atoms with E-state index in [1.165, 1.54) is 5.56 Å². The smallest absolute Gasteiger partial charge is 0.189 e. The molecular weight excluding hydrogens is 204 g/mol. The monoisotopic (exact) mass is 222 g/mol. The van der Waals surface area contributed by atoms with Crippen LogP contribution in [-0.4, -0.2) is 32.2 Å². The van der Waals surface area contributed by atoms with Crippen molar-refractivity contribution >= 4 is 0 Å².